The summed E-state index contributed by atoms with van der Waals surface area (Å²) in [5.74, 6) is 3.26. The van der Waals surface area contributed by atoms with E-state index >= 15 is 0 Å². The lowest BCUT2D eigenvalue weighted by Crippen LogP contribution is -2.55. The van der Waals surface area contributed by atoms with Crippen LogP contribution in [-0.4, -0.2) is 38.9 Å². The van der Waals surface area contributed by atoms with Gasteiger partial charge in [-0.25, -0.2) is 0 Å². The summed E-state index contributed by atoms with van der Waals surface area (Å²) in [6.45, 7) is 1.56. The Bertz CT molecular complexity index is 659. The van der Waals surface area contributed by atoms with Crippen LogP contribution >= 0.6 is 11.6 Å². The zero-order chi connectivity index (χ0) is 16.4. The number of nitrogens with zero attached hydrogens (tertiary/aromatic N) is 3. The van der Waals surface area contributed by atoms with Gasteiger partial charge in [0, 0.05) is 36.2 Å². The van der Waals surface area contributed by atoms with Crippen LogP contribution in [0.5, 0.6) is 0 Å². The average molecular weight is 350 g/mol. The second-order valence-corrected chi connectivity index (χ2v) is 9.44. The number of aromatic nitrogens is 2. The number of likely N-dealkylation sites (tertiary alicyclic amines) is 1. The summed E-state index contributed by atoms with van der Waals surface area (Å²) in [5, 5.41) is 4.35. The summed E-state index contributed by atoms with van der Waals surface area (Å²) in [6, 6.07) is 0. The van der Waals surface area contributed by atoms with Crippen molar-refractivity contribution in [2.45, 2.75) is 68.1 Å². The summed E-state index contributed by atoms with van der Waals surface area (Å²) in [5.41, 5.74) is 0.0387. The highest BCUT2D eigenvalue weighted by molar-refractivity contribution is 6.24. The summed E-state index contributed by atoms with van der Waals surface area (Å²) < 4.78 is 5.54. The van der Waals surface area contributed by atoms with E-state index in [2.05, 4.69) is 5.16 Å². The third-order valence-corrected chi connectivity index (χ3v) is 7.14. The first-order chi connectivity index (χ1) is 11.5. The molecule has 1 aromatic rings. The molecule has 24 heavy (non-hydrogen) atoms. The van der Waals surface area contributed by atoms with Crippen molar-refractivity contribution in [1.82, 2.24) is 15.0 Å². The van der Waals surface area contributed by atoms with Gasteiger partial charge in [0.2, 0.25) is 11.8 Å². The van der Waals surface area contributed by atoms with Crippen LogP contribution in [0, 0.1) is 11.8 Å². The molecule has 1 aromatic heterocycles. The van der Waals surface area contributed by atoms with Gasteiger partial charge in [-0.1, -0.05) is 5.16 Å². The lowest BCUT2D eigenvalue weighted by molar-refractivity contribution is -0.127. The number of rotatable bonds is 4. The van der Waals surface area contributed by atoms with E-state index < -0.39 is 0 Å². The number of alkyl halides is 1. The van der Waals surface area contributed by atoms with Crippen molar-refractivity contribution < 1.29 is 9.32 Å². The molecule has 2 heterocycles. The molecule has 4 saturated carbocycles. The largest absolute Gasteiger partial charge is 0.342 e. The van der Waals surface area contributed by atoms with Crippen LogP contribution in [0.25, 0.3) is 0 Å². The van der Waals surface area contributed by atoms with Crippen LogP contribution in [0.2, 0.25) is 0 Å². The second kappa shape index (κ2) is 5.20. The third kappa shape index (κ3) is 2.39. The maximum atomic E-state index is 11.7. The van der Waals surface area contributed by atoms with Crippen molar-refractivity contribution in [2.75, 3.05) is 13.1 Å². The van der Waals surface area contributed by atoms with E-state index in [0.29, 0.717) is 25.3 Å². The van der Waals surface area contributed by atoms with Crippen LogP contribution in [0.1, 0.15) is 63.1 Å². The molecule has 6 rings (SSSR count). The fourth-order valence-corrected chi connectivity index (χ4v) is 6.85. The lowest BCUT2D eigenvalue weighted by atomic mass is 9.49. The summed E-state index contributed by atoms with van der Waals surface area (Å²) in [4.78, 5) is 18.3. The van der Waals surface area contributed by atoms with Crippen molar-refractivity contribution in [1.29, 1.82) is 0 Å². The first-order valence-electron chi connectivity index (χ1n) is 9.33. The van der Waals surface area contributed by atoms with Gasteiger partial charge in [0.15, 0.2) is 5.82 Å². The van der Waals surface area contributed by atoms with Gasteiger partial charge in [0.25, 0.3) is 0 Å². The van der Waals surface area contributed by atoms with E-state index in [0.717, 1.165) is 49.9 Å². The average Bonchev–Trinajstić information content (AvgIpc) is 3.12. The molecule has 130 valence electrons. The molecule has 0 aromatic carbocycles. The Kier molecular flexibility index (Phi) is 3.29. The number of hydrogen-bond acceptors (Lipinski definition) is 4. The van der Waals surface area contributed by atoms with Gasteiger partial charge >= 0.3 is 0 Å². The van der Waals surface area contributed by atoms with Crippen molar-refractivity contribution in [3.8, 4) is 0 Å². The number of amides is 1. The zero-order valence-corrected chi connectivity index (χ0v) is 14.7. The maximum Gasteiger partial charge on any atom is 0.228 e. The highest BCUT2D eigenvalue weighted by Crippen LogP contribution is 2.63. The van der Waals surface area contributed by atoms with Gasteiger partial charge in [-0.3, -0.25) is 4.79 Å². The predicted molar refractivity (Wildman–Crippen MR) is 88.8 cm³/mol. The first-order valence-corrected chi connectivity index (χ1v) is 9.71. The molecule has 1 saturated heterocycles. The summed E-state index contributed by atoms with van der Waals surface area (Å²) >= 11 is 6.91. The fraction of sp³-hybridized carbons (Fsp3) is 0.833. The van der Waals surface area contributed by atoms with E-state index in [1.54, 1.807) is 0 Å². The molecule has 5 nitrogen and oxygen atoms in total. The Labute approximate surface area is 147 Å². The second-order valence-electron chi connectivity index (χ2n) is 8.64. The lowest BCUT2D eigenvalue weighted by Gasteiger charge is -2.58. The first kappa shape index (κ1) is 15.2. The molecule has 0 N–H and O–H groups in total. The van der Waals surface area contributed by atoms with E-state index in [1.807, 2.05) is 4.90 Å². The number of halogens is 1. The van der Waals surface area contributed by atoms with Crippen molar-refractivity contribution >= 4 is 17.5 Å². The molecule has 6 heteroatoms. The van der Waals surface area contributed by atoms with Gasteiger partial charge in [-0.2, -0.15) is 4.98 Å². The van der Waals surface area contributed by atoms with Crippen LogP contribution < -0.4 is 0 Å². The van der Waals surface area contributed by atoms with E-state index in [9.17, 15) is 4.79 Å². The topological polar surface area (TPSA) is 59.2 Å². The number of carbonyl (C=O) groups excluding carboxylic acids is 1. The Morgan fingerprint density at radius 1 is 1.25 bits per heavy atom. The molecule has 2 unspecified atom stereocenters. The number of hydrogen-bond donors (Lipinski definition) is 0. The zero-order valence-electron chi connectivity index (χ0n) is 14.0. The predicted octanol–water partition coefficient (Wildman–Crippen LogP) is 3.06. The fourth-order valence-electron chi connectivity index (χ4n) is 6.16. The van der Waals surface area contributed by atoms with Gasteiger partial charge in [-0.15, -0.1) is 11.6 Å². The standard InChI is InChI=1S/C18H24ClN3O2/c19-18-9-12-6-13(10-18)8-17(7-12,11-18)16-20-14(24-21-16)3-5-22-4-1-2-15(22)23/h12-13H,1-11H2. The molecule has 0 radical (unpaired) electrons. The van der Waals surface area contributed by atoms with E-state index in [1.165, 1.54) is 19.3 Å². The monoisotopic (exact) mass is 349 g/mol. The van der Waals surface area contributed by atoms with Gasteiger partial charge < -0.3 is 9.42 Å². The molecule has 0 spiro atoms. The van der Waals surface area contributed by atoms with Crippen molar-refractivity contribution in [3.63, 3.8) is 0 Å². The SMILES string of the molecule is O=C1CCCN1CCc1nc(C23CC4CC(CC(Cl)(C4)C2)C3)no1. The van der Waals surface area contributed by atoms with Crippen molar-refractivity contribution in [2.24, 2.45) is 11.8 Å². The molecular weight excluding hydrogens is 326 g/mol. The van der Waals surface area contributed by atoms with Gasteiger partial charge in [0.1, 0.15) is 0 Å². The normalized spacial score (nSPS) is 40.7. The highest BCUT2D eigenvalue weighted by Gasteiger charge is 2.59. The van der Waals surface area contributed by atoms with Crippen LogP contribution in [0.15, 0.2) is 4.52 Å². The van der Waals surface area contributed by atoms with Gasteiger partial charge in [0.05, 0.1) is 0 Å². The summed E-state index contributed by atoms with van der Waals surface area (Å²) in [7, 11) is 0. The van der Waals surface area contributed by atoms with E-state index in [-0.39, 0.29) is 16.2 Å². The van der Waals surface area contributed by atoms with Crippen molar-refractivity contribution in [3.05, 3.63) is 11.7 Å². The maximum absolute atomic E-state index is 11.7. The van der Waals surface area contributed by atoms with Gasteiger partial charge in [-0.05, 0) is 56.8 Å². The highest BCUT2D eigenvalue weighted by atomic mass is 35.5. The smallest absolute Gasteiger partial charge is 0.228 e. The third-order valence-electron chi connectivity index (χ3n) is 6.70. The Morgan fingerprint density at radius 3 is 2.71 bits per heavy atom. The molecular formula is C18H24ClN3O2. The minimum Gasteiger partial charge on any atom is -0.342 e. The molecule has 1 amide bonds. The molecule has 4 bridgehead atoms. The minimum absolute atomic E-state index is 0.0349. The number of carbonyl (C=O) groups is 1. The Morgan fingerprint density at radius 2 is 2.04 bits per heavy atom. The van der Waals surface area contributed by atoms with Crippen LogP contribution in [-0.2, 0) is 16.6 Å². The summed E-state index contributed by atoms with van der Waals surface area (Å²) in [6.07, 6.45) is 9.30. The van der Waals surface area contributed by atoms with Crippen LogP contribution in [0.3, 0.4) is 0 Å². The quantitative estimate of drug-likeness (QED) is 0.784. The minimum atomic E-state index is -0.0349. The molecule has 1 aliphatic heterocycles. The molecule has 5 aliphatic rings. The Hall–Kier alpha value is -1.10. The molecule has 5 fully saturated rings. The van der Waals surface area contributed by atoms with Crippen LogP contribution in [0.4, 0.5) is 0 Å². The molecule has 2 atom stereocenters. The Balaban J connectivity index is 1.33. The molecule has 4 aliphatic carbocycles. The van der Waals surface area contributed by atoms with E-state index in [4.69, 9.17) is 21.1 Å².